The molecule has 0 radical (unpaired) electrons. The Balaban J connectivity index is 1.52. The van der Waals surface area contributed by atoms with Crippen LogP contribution in [0.4, 0.5) is 0 Å². The maximum atomic E-state index is 13.8. The Hall–Kier alpha value is -7.07. The minimum Gasteiger partial charge on any atom is -0.508 e. The van der Waals surface area contributed by atoms with E-state index in [-0.39, 0.29) is 75.0 Å². The molecule has 0 aliphatic heterocycles. The maximum Gasteiger partial charge on any atom is 0.343 e. The van der Waals surface area contributed by atoms with Crippen molar-refractivity contribution < 1.29 is 48.3 Å². The van der Waals surface area contributed by atoms with Crippen LogP contribution < -0.4 is 14.2 Å². The van der Waals surface area contributed by atoms with Crippen molar-refractivity contribution in [1.29, 1.82) is 0 Å². The number of phenolic OH excluding ortho intramolecular Hbond substituents is 3. The second kappa shape index (κ2) is 14.0. The van der Waals surface area contributed by atoms with Gasteiger partial charge < -0.3 is 33.9 Å². The van der Waals surface area contributed by atoms with Crippen molar-refractivity contribution in [1.82, 2.24) is 0 Å². The minimum atomic E-state index is -0.851. The summed E-state index contributed by atoms with van der Waals surface area (Å²) in [5.41, 5.74) is 2.27. The second-order valence-electron chi connectivity index (χ2n) is 12.1. The Morgan fingerprint density at radius 2 is 1.15 bits per heavy atom. The van der Waals surface area contributed by atoms with Crippen LogP contribution in [0.15, 0.2) is 126 Å². The van der Waals surface area contributed by atoms with Crippen LogP contribution >= 0.6 is 0 Å². The third-order valence-corrected chi connectivity index (χ3v) is 8.37. The number of hydrogen-bond acceptors (Lipinski definition) is 10. The zero-order chi connectivity index (χ0) is 36.4. The molecule has 0 amide bonds. The molecule has 258 valence electrons. The van der Waals surface area contributed by atoms with Gasteiger partial charge in [0, 0.05) is 11.5 Å². The van der Waals surface area contributed by atoms with Crippen molar-refractivity contribution in [3.63, 3.8) is 0 Å². The molecule has 0 aliphatic carbocycles. The van der Waals surface area contributed by atoms with Crippen LogP contribution in [0, 0.1) is 6.92 Å². The summed E-state index contributed by atoms with van der Waals surface area (Å²) >= 11 is 0. The Morgan fingerprint density at radius 3 is 1.73 bits per heavy atom. The summed E-state index contributed by atoms with van der Waals surface area (Å²) in [7, 11) is 0. The maximum absolute atomic E-state index is 13.8. The normalized spacial score (nSPS) is 11.0. The first-order valence-electron chi connectivity index (χ1n) is 16.2. The number of esters is 3. The summed E-state index contributed by atoms with van der Waals surface area (Å²) < 4.78 is 24.7. The third-order valence-electron chi connectivity index (χ3n) is 8.37. The second-order valence-corrected chi connectivity index (χ2v) is 12.1. The van der Waals surface area contributed by atoms with Crippen molar-refractivity contribution >= 4 is 39.8 Å². The number of carbonyl (C=O) groups is 3. The van der Waals surface area contributed by atoms with Crippen LogP contribution in [0.1, 0.15) is 27.0 Å². The molecule has 0 unspecified atom stereocenters. The fourth-order valence-electron chi connectivity index (χ4n) is 5.83. The van der Waals surface area contributed by atoms with Gasteiger partial charge in [-0.15, -0.1) is 0 Å². The lowest BCUT2D eigenvalue weighted by Gasteiger charge is -2.20. The third kappa shape index (κ3) is 6.86. The van der Waals surface area contributed by atoms with Gasteiger partial charge in [-0.1, -0.05) is 72.8 Å². The zero-order valence-electron chi connectivity index (χ0n) is 27.7. The lowest BCUT2D eigenvalue weighted by molar-refractivity contribution is -0.136. The van der Waals surface area contributed by atoms with Crippen LogP contribution in [0.3, 0.4) is 0 Å². The van der Waals surface area contributed by atoms with E-state index in [4.69, 9.17) is 18.6 Å². The number of benzene rings is 6. The first-order chi connectivity index (χ1) is 25.1. The van der Waals surface area contributed by atoms with Gasteiger partial charge in [0.15, 0.2) is 22.8 Å². The Bertz CT molecular complexity index is 2450. The summed E-state index contributed by atoms with van der Waals surface area (Å²) in [6, 6.07) is 32.0. The molecule has 10 heteroatoms. The number of hydrogen-bond donors (Lipinski definition) is 3. The fourth-order valence-corrected chi connectivity index (χ4v) is 5.83. The fraction of sp³-hybridized carbons (Fsp3) is 0.0714. The van der Waals surface area contributed by atoms with Crippen LogP contribution in [0.5, 0.6) is 34.5 Å². The molecule has 6 aromatic carbocycles. The number of fused-ring (bicyclic) bond motifs is 3. The van der Waals surface area contributed by atoms with Gasteiger partial charge in [0.2, 0.25) is 0 Å². The van der Waals surface area contributed by atoms with Gasteiger partial charge in [-0.3, -0.25) is 9.59 Å². The lowest BCUT2D eigenvalue weighted by Crippen LogP contribution is -2.17. The molecule has 1 aromatic heterocycles. The van der Waals surface area contributed by atoms with E-state index in [2.05, 4.69) is 0 Å². The highest BCUT2D eigenvalue weighted by molar-refractivity contribution is 6.16. The summed E-state index contributed by atoms with van der Waals surface area (Å²) in [4.78, 5) is 41.3. The van der Waals surface area contributed by atoms with Gasteiger partial charge in [0.25, 0.3) is 0 Å². The first-order valence-corrected chi connectivity index (χ1v) is 16.2. The van der Waals surface area contributed by atoms with Crippen LogP contribution in [0.25, 0.3) is 33.1 Å². The number of aromatic hydroxyl groups is 3. The lowest BCUT2D eigenvalue weighted by atomic mass is 9.98. The van der Waals surface area contributed by atoms with Crippen molar-refractivity contribution in [2.45, 2.75) is 19.8 Å². The Morgan fingerprint density at radius 1 is 0.615 bits per heavy atom. The van der Waals surface area contributed by atoms with Gasteiger partial charge in [-0.25, -0.2) is 4.79 Å². The van der Waals surface area contributed by atoms with E-state index in [1.54, 1.807) is 61.5 Å². The van der Waals surface area contributed by atoms with Crippen molar-refractivity contribution in [2.75, 3.05) is 0 Å². The highest BCUT2D eigenvalue weighted by Gasteiger charge is 2.33. The standard InChI is InChI=1S/C42H30O10/c1-24-20-31-33(23-32(24)45)49-40-37(31)41(51-35(47)22-26-10-6-3-7-11-26)38(50-34(46)21-25-8-4-2-5-9-25)36(27-12-16-29(43)17-13-27)39(40)52-42(48)28-14-18-30(44)19-15-28/h2-20,23,43-45H,21-22H2,1H3. The molecule has 0 saturated carbocycles. The van der Waals surface area contributed by atoms with E-state index in [9.17, 15) is 29.7 Å². The molecule has 0 bridgehead atoms. The molecular formula is C42H30O10. The van der Waals surface area contributed by atoms with E-state index in [1.807, 2.05) is 12.1 Å². The van der Waals surface area contributed by atoms with Crippen LogP contribution in [-0.4, -0.2) is 33.2 Å². The SMILES string of the molecule is Cc1cc2c(cc1O)oc1c(OC(=O)c3ccc(O)cc3)c(-c3ccc(O)cc3)c(OC(=O)Cc3ccccc3)c(OC(=O)Cc3ccccc3)c12. The number of rotatable bonds is 9. The predicted octanol–water partition coefficient (Wildman–Crippen LogP) is 8.19. The smallest absolute Gasteiger partial charge is 0.343 e. The summed E-state index contributed by atoms with van der Waals surface area (Å²) in [6.45, 7) is 1.67. The molecule has 0 aliphatic rings. The highest BCUT2D eigenvalue weighted by Crippen LogP contribution is 2.55. The molecular weight excluding hydrogens is 664 g/mol. The average Bonchev–Trinajstić information content (AvgIpc) is 3.49. The van der Waals surface area contributed by atoms with Gasteiger partial charge >= 0.3 is 17.9 Å². The molecule has 0 saturated heterocycles. The molecule has 7 rings (SSSR count). The topological polar surface area (TPSA) is 153 Å². The molecule has 52 heavy (non-hydrogen) atoms. The van der Waals surface area contributed by atoms with Crippen molar-refractivity contribution in [3.8, 4) is 45.6 Å². The van der Waals surface area contributed by atoms with E-state index in [0.717, 1.165) is 0 Å². The largest absolute Gasteiger partial charge is 0.508 e. The Labute approximate surface area is 296 Å². The van der Waals surface area contributed by atoms with Crippen LogP contribution in [0.2, 0.25) is 0 Å². The summed E-state index contributed by atoms with van der Waals surface area (Å²) in [5, 5.41) is 31.2. The molecule has 0 fully saturated rings. The van der Waals surface area contributed by atoms with Crippen LogP contribution in [-0.2, 0) is 22.4 Å². The predicted molar refractivity (Wildman–Crippen MR) is 192 cm³/mol. The zero-order valence-corrected chi connectivity index (χ0v) is 27.7. The van der Waals surface area contributed by atoms with Crippen molar-refractivity contribution in [2.24, 2.45) is 0 Å². The van der Waals surface area contributed by atoms with E-state index in [0.29, 0.717) is 27.6 Å². The van der Waals surface area contributed by atoms with E-state index >= 15 is 0 Å². The number of aryl methyl sites for hydroxylation is 1. The number of carbonyl (C=O) groups excluding carboxylic acids is 3. The average molecular weight is 695 g/mol. The molecule has 7 aromatic rings. The molecule has 1 heterocycles. The number of phenols is 3. The Kier molecular flexibility index (Phi) is 9.03. The van der Waals surface area contributed by atoms with Gasteiger partial charge in [0.1, 0.15) is 22.8 Å². The molecule has 3 N–H and O–H groups in total. The van der Waals surface area contributed by atoms with Gasteiger partial charge in [-0.05, 0) is 71.6 Å². The summed E-state index contributed by atoms with van der Waals surface area (Å²) in [5.74, 6) is -3.11. The highest BCUT2D eigenvalue weighted by atomic mass is 16.6. The molecule has 0 atom stereocenters. The van der Waals surface area contributed by atoms with Crippen molar-refractivity contribution in [3.05, 3.63) is 144 Å². The molecule has 0 spiro atoms. The van der Waals surface area contributed by atoms with Gasteiger partial charge in [0.05, 0.1) is 29.4 Å². The van der Waals surface area contributed by atoms with E-state index in [1.165, 1.54) is 54.6 Å². The molecule has 10 nitrogen and oxygen atoms in total. The monoisotopic (exact) mass is 694 g/mol. The van der Waals surface area contributed by atoms with E-state index < -0.39 is 17.9 Å². The number of furan rings is 1. The number of ether oxygens (including phenoxy) is 3. The minimum absolute atomic E-state index is 0.00329. The quantitative estimate of drug-likeness (QED) is 0.0996. The summed E-state index contributed by atoms with van der Waals surface area (Å²) in [6.07, 6.45) is -0.297. The first kappa shape index (κ1) is 33.4. The van der Waals surface area contributed by atoms with Gasteiger partial charge in [-0.2, -0.15) is 0 Å².